The molecule has 1 aliphatic heterocycles. The highest BCUT2D eigenvalue weighted by molar-refractivity contribution is 5.62. The van der Waals surface area contributed by atoms with E-state index in [4.69, 9.17) is 0 Å². The third-order valence-electron chi connectivity index (χ3n) is 4.09. The minimum atomic E-state index is 0.679. The molecule has 1 aliphatic rings. The number of likely N-dealkylation sites (tertiary alicyclic amines) is 1. The van der Waals surface area contributed by atoms with Gasteiger partial charge in [-0.1, -0.05) is 0 Å². The summed E-state index contributed by atoms with van der Waals surface area (Å²) in [6.07, 6.45) is 6.62. The van der Waals surface area contributed by atoms with Crippen LogP contribution >= 0.6 is 0 Å². The quantitative estimate of drug-likeness (QED) is 0.869. The molecule has 0 unspecified atom stereocenters. The number of nitrogens with zero attached hydrogens (tertiary/aromatic N) is 5. The smallest absolute Gasteiger partial charge is 0.101 e. The largest absolute Gasteiger partial charge is 0.377 e. The predicted octanol–water partition coefficient (Wildman–Crippen LogP) is 2.41. The molecule has 0 radical (unpaired) electrons. The maximum atomic E-state index is 9.19. The number of hydrogen-bond acceptors (Lipinski definition) is 4. The van der Waals surface area contributed by atoms with E-state index in [2.05, 4.69) is 22.3 Å². The first-order chi connectivity index (χ1) is 10.7. The standard InChI is InChI=1S/C17H21N5/c1-20(2)17-9-16(6-5-15(17)10-18)22-13-14(11-19-22)12-21-7-3-4-8-21/h5-6,9,11,13H,3-4,7-8,12H2,1-2H3. The lowest BCUT2D eigenvalue weighted by Gasteiger charge is -2.15. The summed E-state index contributed by atoms with van der Waals surface area (Å²) in [7, 11) is 3.89. The highest BCUT2D eigenvalue weighted by atomic mass is 15.3. The number of hydrogen-bond donors (Lipinski definition) is 0. The highest BCUT2D eigenvalue weighted by Gasteiger charge is 2.13. The lowest BCUT2D eigenvalue weighted by Crippen LogP contribution is -2.17. The fourth-order valence-electron chi connectivity index (χ4n) is 2.91. The van der Waals surface area contributed by atoms with Gasteiger partial charge in [0.05, 0.1) is 23.1 Å². The first-order valence-electron chi connectivity index (χ1n) is 7.65. The van der Waals surface area contributed by atoms with Gasteiger partial charge in [0, 0.05) is 32.4 Å². The Morgan fingerprint density at radius 1 is 1.27 bits per heavy atom. The van der Waals surface area contributed by atoms with E-state index in [1.165, 1.54) is 31.5 Å². The second-order valence-electron chi connectivity index (χ2n) is 5.98. The lowest BCUT2D eigenvalue weighted by atomic mass is 10.1. The van der Waals surface area contributed by atoms with Crippen LogP contribution in [0.1, 0.15) is 24.0 Å². The van der Waals surface area contributed by atoms with Crippen molar-refractivity contribution in [2.75, 3.05) is 32.1 Å². The van der Waals surface area contributed by atoms with Gasteiger partial charge in [-0.05, 0) is 44.1 Å². The molecule has 0 amide bonds. The average molecular weight is 295 g/mol. The molecule has 0 atom stereocenters. The van der Waals surface area contributed by atoms with Crippen molar-refractivity contribution < 1.29 is 0 Å². The van der Waals surface area contributed by atoms with Crippen LogP contribution in [0.2, 0.25) is 0 Å². The van der Waals surface area contributed by atoms with Crippen molar-refractivity contribution >= 4 is 5.69 Å². The third kappa shape index (κ3) is 2.97. The summed E-state index contributed by atoms with van der Waals surface area (Å²) in [6, 6.07) is 8.03. The van der Waals surface area contributed by atoms with E-state index in [0.29, 0.717) is 5.56 Å². The molecule has 114 valence electrons. The molecule has 1 fully saturated rings. The third-order valence-corrected chi connectivity index (χ3v) is 4.09. The van der Waals surface area contributed by atoms with Crippen LogP contribution in [-0.4, -0.2) is 41.9 Å². The van der Waals surface area contributed by atoms with E-state index in [1.807, 2.05) is 48.1 Å². The zero-order chi connectivity index (χ0) is 15.5. The van der Waals surface area contributed by atoms with Gasteiger partial charge in [0.15, 0.2) is 0 Å². The minimum absolute atomic E-state index is 0.679. The Kier molecular flexibility index (Phi) is 4.12. The van der Waals surface area contributed by atoms with E-state index in [-0.39, 0.29) is 0 Å². The molecule has 2 heterocycles. The predicted molar refractivity (Wildman–Crippen MR) is 87.1 cm³/mol. The van der Waals surface area contributed by atoms with Gasteiger partial charge in [-0.3, -0.25) is 4.90 Å². The van der Waals surface area contributed by atoms with Crippen molar-refractivity contribution in [2.45, 2.75) is 19.4 Å². The Balaban J connectivity index is 1.83. The lowest BCUT2D eigenvalue weighted by molar-refractivity contribution is 0.331. The maximum absolute atomic E-state index is 9.19. The van der Waals surface area contributed by atoms with Crippen LogP contribution < -0.4 is 4.90 Å². The second kappa shape index (κ2) is 6.20. The van der Waals surface area contributed by atoms with Crippen LogP contribution in [0, 0.1) is 11.3 Å². The van der Waals surface area contributed by atoms with E-state index >= 15 is 0 Å². The van der Waals surface area contributed by atoms with Gasteiger partial charge < -0.3 is 4.90 Å². The fraction of sp³-hybridized carbons (Fsp3) is 0.412. The number of rotatable bonds is 4. The Morgan fingerprint density at radius 2 is 2.05 bits per heavy atom. The topological polar surface area (TPSA) is 48.1 Å². The molecule has 0 spiro atoms. The van der Waals surface area contributed by atoms with Crippen LogP contribution in [0.15, 0.2) is 30.6 Å². The fourth-order valence-corrected chi connectivity index (χ4v) is 2.91. The Morgan fingerprint density at radius 3 is 2.73 bits per heavy atom. The van der Waals surface area contributed by atoms with Crippen LogP contribution in [0.3, 0.4) is 0 Å². The molecule has 0 N–H and O–H groups in total. The van der Waals surface area contributed by atoms with Gasteiger partial charge in [-0.2, -0.15) is 10.4 Å². The number of benzene rings is 1. The molecule has 0 saturated carbocycles. The summed E-state index contributed by atoms with van der Waals surface area (Å²) in [6.45, 7) is 3.34. The number of anilines is 1. The molecule has 0 bridgehead atoms. The van der Waals surface area contributed by atoms with Crippen molar-refractivity contribution in [2.24, 2.45) is 0 Å². The van der Waals surface area contributed by atoms with Crippen molar-refractivity contribution in [3.05, 3.63) is 41.7 Å². The molecular formula is C17H21N5. The summed E-state index contributed by atoms with van der Waals surface area (Å²) >= 11 is 0. The van der Waals surface area contributed by atoms with E-state index in [9.17, 15) is 5.26 Å². The van der Waals surface area contributed by atoms with Crippen molar-refractivity contribution in [1.82, 2.24) is 14.7 Å². The van der Waals surface area contributed by atoms with Crippen molar-refractivity contribution in [3.63, 3.8) is 0 Å². The van der Waals surface area contributed by atoms with Crippen LogP contribution in [-0.2, 0) is 6.54 Å². The molecule has 22 heavy (non-hydrogen) atoms. The van der Waals surface area contributed by atoms with E-state index in [1.54, 1.807) is 0 Å². The Hall–Kier alpha value is -2.32. The molecular weight excluding hydrogens is 274 g/mol. The zero-order valence-electron chi connectivity index (χ0n) is 13.2. The molecule has 0 aliphatic carbocycles. The van der Waals surface area contributed by atoms with Gasteiger partial charge in [0.1, 0.15) is 6.07 Å². The molecule has 3 rings (SSSR count). The second-order valence-corrected chi connectivity index (χ2v) is 5.98. The first kappa shape index (κ1) is 14.6. The minimum Gasteiger partial charge on any atom is -0.377 e. The zero-order valence-corrected chi connectivity index (χ0v) is 13.2. The van der Waals surface area contributed by atoms with E-state index in [0.717, 1.165) is 17.9 Å². The van der Waals surface area contributed by atoms with Crippen LogP contribution in [0.5, 0.6) is 0 Å². The summed E-state index contributed by atoms with van der Waals surface area (Å²) in [4.78, 5) is 4.42. The summed E-state index contributed by atoms with van der Waals surface area (Å²) in [5.41, 5.74) is 3.81. The SMILES string of the molecule is CN(C)c1cc(-n2cc(CN3CCCC3)cn2)ccc1C#N. The molecule has 1 aromatic carbocycles. The van der Waals surface area contributed by atoms with Gasteiger partial charge >= 0.3 is 0 Å². The van der Waals surface area contributed by atoms with Gasteiger partial charge in [0.25, 0.3) is 0 Å². The molecule has 1 saturated heterocycles. The van der Waals surface area contributed by atoms with Crippen LogP contribution in [0.4, 0.5) is 5.69 Å². The summed E-state index contributed by atoms with van der Waals surface area (Å²) in [5.74, 6) is 0. The highest BCUT2D eigenvalue weighted by Crippen LogP contribution is 2.22. The van der Waals surface area contributed by atoms with E-state index < -0.39 is 0 Å². The van der Waals surface area contributed by atoms with Gasteiger partial charge in [-0.25, -0.2) is 4.68 Å². The van der Waals surface area contributed by atoms with Crippen molar-refractivity contribution in [1.29, 1.82) is 5.26 Å². The van der Waals surface area contributed by atoms with Crippen LogP contribution in [0.25, 0.3) is 5.69 Å². The Labute approximate surface area is 131 Å². The number of aromatic nitrogens is 2. The van der Waals surface area contributed by atoms with Gasteiger partial charge in [-0.15, -0.1) is 0 Å². The van der Waals surface area contributed by atoms with Gasteiger partial charge in [0.2, 0.25) is 0 Å². The first-order valence-corrected chi connectivity index (χ1v) is 7.65. The maximum Gasteiger partial charge on any atom is 0.101 e. The molecule has 1 aromatic heterocycles. The molecule has 2 aromatic rings. The summed E-state index contributed by atoms with van der Waals surface area (Å²) in [5, 5.41) is 13.7. The van der Waals surface area contributed by atoms with Crippen molar-refractivity contribution in [3.8, 4) is 11.8 Å². The average Bonchev–Trinajstić information content (AvgIpc) is 3.19. The molecule has 5 nitrogen and oxygen atoms in total. The Bertz CT molecular complexity index is 689. The molecule has 5 heteroatoms. The summed E-state index contributed by atoms with van der Waals surface area (Å²) < 4.78 is 1.89. The number of nitriles is 1. The normalized spacial score (nSPS) is 15.0. The monoisotopic (exact) mass is 295 g/mol.